The molecule has 0 fully saturated rings. The van der Waals surface area contributed by atoms with Crippen LogP contribution in [0.3, 0.4) is 0 Å². The van der Waals surface area contributed by atoms with Crippen molar-refractivity contribution in [3.63, 3.8) is 0 Å². The molecule has 0 unspecified atom stereocenters. The number of fused-ring (bicyclic) bond motifs is 2. The molecule has 5 nitrogen and oxygen atoms in total. The third kappa shape index (κ3) is 1.81. The summed E-state index contributed by atoms with van der Waals surface area (Å²) < 4.78 is 5.47. The van der Waals surface area contributed by atoms with Crippen LogP contribution in [-0.2, 0) is 0 Å². The number of phenols is 3. The van der Waals surface area contributed by atoms with E-state index in [1.807, 2.05) is 0 Å². The molecular weight excluding hydrogens is 319 g/mol. The molecule has 0 atom stereocenters. The van der Waals surface area contributed by atoms with Crippen molar-refractivity contribution in [3.8, 4) is 17.2 Å². The zero-order valence-corrected chi connectivity index (χ0v) is 12.1. The van der Waals surface area contributed by atoms with E-state index in [0.29, 0.717) is 5.56 Å². The number of rotatable bonds is 0. The summed E-state index contributed by atoms with van der Waals surface area (Å²) >= 11 is 11.9. The molecule has 0 aliphatic rings. The molecule has 0 bridgehead atoms. The first-order valence-corrected chi connectivity index (χ1v) is 6.57. The van der Waals surface area contributed by atoms with E-state index in [-0.39, 0.29) is 37.7 Å². The number of aryl methyl sites for hydroxylation is 1. The number of halogens is 2. The van der Waals surface area contributed by atoms with Gasteiger partial charge >= 0.3 is 0 Å². The highest BCUT2D eigenvalue weighted by atomic mass is 35.5. The predicted octanol–water partition coefficient (Wildman–Crippen LogP) is 3.68. The van der Waals surface area contributed by atoms with Crippen molar-refractivity contribution < 1.29 is 19.7 Å². The van der Waals surface area contributed by atoms with Crippen molar-refractivity contribution in [2.24, 2.45) is 0 Å². The zero-order valence-electron chi connectivity index (χ0n) is 10.6. The summed E-state index contributed by atoms with van der Waals surface area (Å²) in [6.07, 6.45) is 0. The molecule has 3 rings (SSSR count). The van der Waals surface area contributed by atoms with E-state index in [0.717, 1.165) is 6.07 Å². The fourth-order valence-electron chi connectivity index (χ4n) is 2.27. The molecule has 3 aromatic rings. The van der Waals surface area contributed by atoms with E-state index in [1.54, 1.807) is 6.92 Å². The molecule has 1 aromatic heterocycles. The van der Waals surface area contributed by atoms with E-state index in [2.05, 4.69) is 0 Å². The summed E-state index contributed by atoms with van der Waals surface area (Å²) in [7, 11) is 0. The Hall–Kier alpha value is -2.11. The lowest BCUT2D eigenvalue weighted by Crippen LogP contribution is -2.05. The van der Waals surface area contributed by atoms with Gasteiger partial charge in [0.1, 0.15) is 32.7 Å². The van der Waals surface area contributed by atoms with Crippen LogP contribution >= 0.6 is 23.2 Å². The molecule has 7 heteroatoms. The summed E-state index contributed by atoms with van der Waals surface area (Å²) in [5.74, 6) is -1.13. The maximum absolute atomic E-state index is 12.6. The van der Waals surface area contributed by atoms with Crippen LogP contribution in [0.15, 0.2) is 21.3 Å². The van der Waals surface area contributed by atoms with Crippen molar-refractivity contribution >= 4 is 45.1 Å². The predicted molar refractivity (Wildman–Crippen MR) is 79.7 cm³/mol. The average molecular weight is 327 g/mol. The number of aromatic hydroxyl groups is 3. The number of phenolic OH excluding ortho intramolecular Hbond substituents is 3. The molecular formula is C14H8Cl2O5. The maximum atomic E-state index is 12.6. The average Bonchev–Trinajstić information content (AvgIpc) is 2.41. The highest BCUT2D eigenvalue weighted by molar-refractivity contribution is 6.38. The van der Waals surface area contributed by atoms with Crippen LogP contribution < -0.4 is 5.43 Å². The van der Waals surface area contributed by atoms with E-state index >= 15 is 0 Å². The summed E-state index contributed by atoms with van der Waals surface area (Å²) in [5, 5.41) is 28.8. The fraction of sp³-hybridized carbons (Fsp3) is 0.0714. The summed E-state index contributed by atoms with van der Waals surface area (Å²) in [5.41, 5.74) is -0.367. The van der Waals surface area contributed by atoms with E-state index < -0.39 is 16.9 Å². The summed E-state index contributed by atoms with van der Waals surface area (Å²) in [4.78, 5) is 12.6. The van der Waals surface area contributed by atoms with E-state index in [4.69, 9.17) is 27.6 Å². The molecule has 2 aromatic carbocycles. The molecule has 0 aliphatic heterocycles. The molecule has 108 valence electrons. The Bertz CT molecular complexity index is 900. The minimum atomic E-state index is -0.551. The first-order valence-electron chi connectivity index (χ1n) is 5.82. The topological polar surface area (TPSA) is 90.9 Å². The Morgan fingerprint density at radius 2 is 1.43 bits per heavy atom. The second-order valence-corrected chi connectivity index (χ2v) is 5.35. The van der Waals surface area contributed by atoms with Gasteiger partial charge in [0.25, 0.3) is 0 Å². The molecule has 3 N–H and O–H groups in total. The van der Waals surface area contributed by atoms with Crippen molar-refractivity contribution in [1.82, 2.24) is 0 Å². The molecule has 1 heterocycles. The first-order chi connectivity index (χ1) is 9.82. The van der Waals surface area contributed by atoms with Crippen molar-refractivity contribution in [1.29, 1.82) is 0 Å². The molecule has 0 amide bonds. The normalized spacial score (nSPS) is 11.4. The fourth-order valence-corrected chi connectivity index (χ4v) is 2.65. The Morgan fingerprint density at radius 3 is 2.05 bits per heavy atom. The third-order valence-corrected chi connectivity index (χ3v) is 3.97. The summed E-state index contributed by atoms with van der Waals surface area (Å²) in [6.45, 7) is 1.60. The smallest absolute Gasteiger partial charge is 0.204 e. The quantitative estimate of drug-likeness (QED) is 0.548. The zero-order chi connectivity index (χ0) is 15.5. The van der Waals surface area contributed by atoms with Gasteiger partial charge in [-0.1, -0.05) is 23.2 Å². The van der Waals surface area contributed by atoms with Gasteiger partial charge in [-0.25, -0.2) is 0 Å². The number of hydrogen-bond donors (Lipinski definition) is 3. The monoisotopic (exact) mass is 326 g/mol. The van der Waals surface area contributed by atoms with Crippen LogP contribution in [0.4, 0.5) is 0 Å². The van der Waals surface area contributed by atoms with Crippen LogP contribution in [0.5, 0.6) is 17.2 Å². The van der Waals surface area contributed by atoms with E-state index in [1.165, 1.54) is 6.07 Å². The largest absolute Gasteiger partial charge is 0.507 e. The number of benzene rings is 2. The van der Waals surface area contributed by atoms with Crippen LogP contribution in [0.1, 0.15) is 5.56 Å². The molecule has 0 aliphatic carbocycles. The highest BCUT2D eigenvalue weighted by Crippen LogP contribution is 2.41. The maximum Gasteiger partial charge on any atom is 0.204 e. The lowest BCUT2D eigenvalue weighted by atomic mass is 10.1. The molecule has 0 saturated carbocycles. The second kappa shape index (κ2) is 4.44. The van der Waals surface area contributed by atoms with E-state index in [9.17, 15) is 20.1 Å². The minimum Gasteiger partial charge on any atom is -0.507 e. The Balaban J connectivity index is 2.73. The van der Waals surface area contributed by atoms with Crippen LogP contribution in [0, 0.1) is 6.92 Å². The highest BCUT2D eigenvalue weighted by Gasteiger charge is 2.21. The Morgan fingerprint density at radius 1 is 0.905 bits per heavy atom. The van der Waals surface area contributed by atoms with Crippen molar-refractivity contribution in [2.45, 2.75) is 6.92 Å². The Labute approximate surface area is 127 Å². The second-order valence-electron chi connectivity index (χ2n) is 4.59. The first kappa shape index (κ1) is 13.9. The van der Waals surface area contributed by atoms with Crippen LogP contribution in [0.25, 0.3) is 21.9 Å². The van der Waals surface area contributed by atoms with Gasteiger partial charge in [0.2, 0.25) is 5.43 Å². The van der Waals surface area contributed by atoms with Crippen molar-refractivity contribution in [2.75, 3.05) is 0 Å². The van der Waals surface area contributed by atoms with Crippen LogP contribution in [0.2, 0.25) is 10.0 Å². The number of hydrogen-bond acceptors (Lipinski definition) is 5. The third-order valence-electron chi connectivity index (χ3n) is 3.24. The lowest BCUT2D eigenvalue weighted by Gasteiger charge is -2.09. The van der Waals surface area contributed by atoms with Gasteiger partial charge in [0.15, 0.2) is 11.2 Å². The molecule has 0 saturated heterocycles. The summed E-state index contributed by atoms with van der Waals surface area (Å²) in [6, 6.07) is 2.29. The van der Waals surface area contributed by atoms with Crippen molar-refractivity contribution in [3.05, 3.63) is 38.0 Å². The standard InChI is InChI=1S/C14H8Cl2O5/c1-4-2-6(18)10(15)13-8(4)12(20)9-5(17)3-7(19)11(16)14(9)21-13/h2-3,17-19H,1H3. The van der Waals surface area contributed by atoms with Crippen LogP contribution in [-0.4, -0.2) is 15.3 Å². The molecule has 0 radical (unpaired) electrons. The minimum absolute atomic E-state index is 0.0569. The van der Waals surface area contributed by atoms with Gasteiger partial charge in [-0.2, -0.15) is 0 Å². The molecule has 0 spiro atoms. The SMILES string of the molecule is Cc1cc(O)c(Cl)c2oc3c(Cl)c(O)cc(O)c3c(=O)c12. The van der Waals surface area contributed by atoms with Gasteiger partial charge in [-0.3, -0.25) is 4.79 Å². The van der Waals surface area contributed by atoms with Gasteiger partial charge < -0.3 is 19.7 Å². The van der Waals surface area contributed by atoms with Gasteiger partial charge in [-0.05, 0) is 18.6 Å². The lowest BCUT2D eigenvalue weighted by molar-refractivity contribution is 0.453. The van der Waals surface area contributed by atoms with Gasteiger partial charge in [0.05, 0.1) is 5.39 Å². The van der Waals surface area contributed by atoms with Gasteiger partial charge in [-0.15, -0.1) is 0 Å². The van der Waals surface area contributed by atoms with Gasteiger partial charge in [0, 0.05) is 6.07 Å². The Kier molecular flexibility index (Phi) is 2.93. The molecule has 21 heavy (non-hydrogen) atoms.